The van der Waals surface area contributed by atoms with Gasteiger partial charge in [-0.3, -0.25) is 0 Å². The Morgan fingerprint density at radius 1 is 1.16 bits per heavy atom. The maximum atomic E-state index is 11.5. The lowest BCUT2D eigenvalue weighted by Crippen LogP contribution is -2.36. The molecule has 1 aliphatic rings. The van der Waals surface area contributed by atoms with Crippen LogP contribution in [0.25, 0.3) is 0 Å². The smallest absolute Gasteiger partial charge is 0.326 e. The second-order valence-corrected chi connectivity index (χ2v) is 5.66. The van der Waals surface area contributed by atoms with Crippen LogP contribution in [0.1, 0.15) is 38.5 Å². The minimum absolute atomic E-state index is 0.218. The van der Waals surface area contributed by atoms with Crippen LogP contribution >= 0.6 is 11.6 Å². The van der Waals surface area contributed by atoms with Gasteiger partial charge in [0.2, 0.25) is 0 Å². The second-order valence-electron chi connectivity index (χ2n) is 5.22. The average molecular weight is 282 g/mol. The minimum Gasteiger partial charge on any atom is -0.480 e. The van der Waals surface area contributed by atoms with Crippen molar-refractivity contribution in [3.8, 4) is 0 Å². The van der Waals surface area contributed by atoms with Crippen molar-refractivity contribution >= 4 is 23.3 Å². The first-order chi connectivity index (χ1) is 9.16. The van der Waals surface area contributed by atoms with Gasteiger partial charge in [0.05, 0.1) is 0 Å². The van der Waals surface area contributed by atoms with E-state index in [-0.39, 0.29) is 5.92 Å². The third-order valence-corrected chi connectivity index (χ3v) is 4.06. The monoisotopic (exact) mass is 281 g/mol. The van der Waals surface area contributed by atoms with Gasteiger partial charge in [0.25, 0.3) is 0 Å². The summed E-state index contributed by atoms with van der Waals surface area (Å²) in [6, 6.07) is 6.70. The summed E-state index contributed by atoms with van der Waals surface area (Å²) in [4.78, 5) is 11.5. The van der Waals surface area contributed by atoms with Crippen molar-refractivity contribution in [1.29, 1.82) is 0 Å². The van der Waals surface area contributed by atoms with Gasteiger partial charge in [-0.15, -0.1) is 0 Å². The van der Waals surface area contributed by atoms with Gasteiger partial charge in [0, 0.05) is 10.7 Å². The SMILES string of the molecule is O=C(O)C(Nc1ccc(Cl)cc1)C1CCCCCC1. The third kappa shape index (κ3) is 4.13. The molecule has 1 fully saturated rings. The Bertz CT molecular complexity index is 411. The molecule has 0 amide bonds. The molecule has 3 nitrogen and oxygen atoms in total. The van der Waals surface area contributed by atoms with Gasteiger partial charge >= 0.3 is 5.97 Å². The highest BCUT2D eigenvalue weighted by Gasteiger charge is 2.28. The lowest BCUT2D eigenvalue weighted by atomic mass is 9.91. The van der Waals surface area contributed by atoms with E-state index in [4.69, 9.17) is 11.6 Å². The summed E-state index contributed by atoms with van der Waals surface area (Å²) in [6.45, 7) is 0. The van der Waals surface area contributed by atoms with Crippen molar-refractivity contribution in [2.45, 2.75) is 44.6 Å². The first-order valence-electron chi connectivity index (χ1n) is 6.92. The fourth-order valence-corrected chi connectivity index (χ4v) is 2.88. The normalized spacial score (nSPS) is 18.6. The first-order valence-corrected chi connectivity index (χ1v) is 7.29. The van der Waals surface area contributed by atoms with Gasteiger partial charge in [-0.05, 0) is 43.0 Å². The number of halogens is 1. The number of aliphatic carboxylic acids is 1. The molecule has 0 aliphatic heterocycles. The van der Waals surface area contributed by atoms with Crippen molar-refractivity contribution in [3.63, 3.8) is 0 Å². The Morgan fingerprint density at radius 3 is 2.26 bits per heavy atom. The zero-order valence-electron chi connectivity index (χ0n) is 10.9. The van der Waals surface area contributed by atoms with Crippen LogP contribution in [-0.2, 0) is 4.79 Å². The van der Waals surface area contributed by atoms with Crippen molar-refractivity contribution in [2.24, 2.45) is 5.92 Å². The Morgan fingerprint density at radius 2 is 1.74 bits per heavy atom. The zero-order valence-corrected chi connectivity index (χ0v) is 11.7. The highest BCUT2D eigenvalue weighted by Crippen LogP contribution is 2.28. The molecule has 2 N–H and O–H groups in total. The van der Waals surface area contributed by atoms with Crippen LogP contribution in [0, 0.1) is 5.92 Å². The predicted molar refractivity (Wildman–Crippen MR) is 77.7 cm³/mol. The summed E-state index contributed by atoms with van der Waals surface area (Å²) in [5, 5.41) is 13.2. The number of carbonyl (C=O) groups is 1. The van der Waals surface area contributed by atoms with Crippen LogP contribution in [0.15, 0.2) is 24.3 Å². The van der Waals surface area contributed by atoms with E-state index >= 15 is 0 Å². The largest absolute Gasteiger partial charge is 0.480 e. The van der Waals surface area contributed by atoms with E-state index in [1.54, 1.807) is 12.1 Å². The molecule has 19 heavy (non-hydrogen) atoms. The maximum absolute atomic E-state index is 11.5. The van der Waals surface area contributed by atoms with Gasteiger partial charge in [0.1, 0.15) is 6.04 Å². The van der Waals surface area contributed by atoms with Crippen LogP contribution in [0.3, 0.4) is 0 Å². The molecule has 0 aromatic heterocycles. The standard InChI is InChI=1S/C15H20ClNO2/c16-12-7-9-13(10-8-12)17-14(15(18)19)11-5-3-1-2-4-6-11/h7-11,14,17H,1-6H2,(H,18,19). The summed E-state index contributed by atoms with van der Waals surface area (Å²) in [5.74, 6) is -0.544. The molecular formula is C15H20ClNO2. The Hall–Kier alpha value is -1.22. The molecule has 1 atom stereocenters. The molecule has 1 aromatic carbocycles. The van der Waals surface area contributed by atoms with Crippen molar-refractivity contribution in [2.75, 3.05) is 5.32 Å². The Balaban J connectivity index is 2.06. The van der Waals surface area contributed by atoms with Gasteiger partial charge < -0.3 is 10.4 Å². The first kappa shape index (κ1) is 14.2. The van der Waals surface area contributed by atoms with E-state index in [1.807, 2.05) is 12.1 Å². The van der Waals surface area contributed by atoms with Gasteiger partial charge in [0.15, 0.2) is 0 Å². The zero-order chi connectivity index (χ0) is 13.7. The number of rotatable bonds is 4. The van der Waals surface area contributed by atoms with Gasteiger partial charge in [-0.25, -0.2) is 4.79 Å². The molecule has 0 spiro atoms. The summed E-state index contributed by atoms with van der Waals surface area (Å²) in [5.41, 5.74) is 0.820. The van der Waals surface area contributed by atoms with Crippen LogP contribution < -0.4 is 5.32 Å². The fraction of sp³-hybridized carbons (Fsp3) is 0.533. The van der Waals surface area contributed by atoms with Crippen LogP contribution in [0.4, 0.5) is 5.69 Å². The highest BCUT2D eigenvalue weighted by molar-refractivity contribution is 6.30. The molecule has 0 radical (unpaired) electrons. The Kier molecular flexibility index (Phi) is 5.08. The summed E-state index contributed by atoms with van der Waals surface area (Å²) < 4.78 is 0. The van der Waals surface area contributed by atoms with E-state index in [1.165, 1.54) is 12.8 Å². The lowest BCUT2D eigenvalue weighted by Gasteiger charge is -2.24. The molecule has 1 unspecified atom stereocenters. The number of hydrogen-bond donors (Lipinski definition) is 2. The van der Waals surface area contributed by atoms with Crippen LogP contribution in [0.2, 0.25) is 5.02 Å². The minimum atomic E-state index is -0.762. The summed E-state index contributed by atoms with van der Waals surface area (Å²) in [7, 11) is 0. The van der Waals surface area contributed by atoms with E-state index in [2.05, 4.69) is 5.32 Å². The maximum Gasteiger partial charge on any atom is 0.326 e. The van der Waals surface area contributed by atoms with E-state index in [9.17, 15) is 9.90 Å². The summed E-state index contributed by atoms with van der Waals surface area (Å²) in [6.07, 6.45) is 6.72. The van der Waals surface area contributed by atoms with E-state index in [0.29, 0.717) is 5.02 Å². The predicted octanol–water partition coefficient (Wildman–Crippen LogP) is 4.18. The van der Waals surface area contributed by atoms with Crippen LogP contribution in [0.5, 0.6) is 0 Å². The van der Waals surface area contributed by atoms with Gasteiger partial charge in [-0.2, -0.15) is 0 Å². The molecule has 104 valence electrons. The number of carboxylic acids is 1. The number of hydrogen-bond acceptors (Lipinski definition) is 2. The third-order valence-electron chi connectivity index (χ3n) is 3.80. The molecule has 0 heterocycles. The number of anilines is 1. The van der Waals surface area contributed by atoms with E-state index in [0.717, 1.165) is 31.4 Å². The molecule has 0 bridgehead atoms. The highest BCUT2D eigenvalue weighted by atomic mass is 35.5. The number of benzene rings is 1. The molecule has 4 heteroatoms. The number of nitrogens with one attached hydrogen (secondary N) is 1. The second kappa shape index (κ2) is 6.80. The quantitative estimate of drug-likeness (QED) is 0.814. The van der Waals surface area contributed by atoms with Crippen molar-refractivity contribution < 1.29 is 9.90 Å². The van der Waals surface area contributed by atoms with E-state index < -0.39 is 12.0 Å². The molecule has 1 saturated carbocycles. The van der Waals surface area contributed by atoms with Crippen LogP contribution in [-0.4, -0.2) is 17.1 Å². The van der Waals surface area contributed by atoms with Crippen molar-refractivity contribution in [1.82, 2.24) is 0 Å². The van der Waals surface area contributed by atoms with Crippen molar-refractivity contribution in [3.05, 3.63) is 29.3 Å². The molecule has 1 aromatic rings. The molecule has 1 aliphatic carbocycles. The molecule has 0 saturated heterocycles. The molecular weight excluding hydrogens is 262 g/mol. The molecule has 2 rings (SSSR count). The van der Waals surface area contributed by atoms with Gasteiger partial charge in [-0.1, -0.05) is 37.3 Å². The fourth-order valence-electron chi connectivity index (χ4n) is 2.75. The average Bonchev–Trinajstić information content (AvgIpc) is 2.66. The number of carboxylic acid groups (broad SMARTS) is 1. The lowest BCUT2D eigenvalue weighted by molar-refractivity contribution is -0.139. The topological polar surface area (TPSA) is 49.3 Å². The summed E-state index contributed by atoms with van der Waals surface area (Å²) >= 11 is 5.84. The Labute approximate surface area is 119 Å².